The van der Waals surface area contributed by atoms with E-state index in [9.17, 15) is 4.79 Å². The number of amides is 1. The number of carbonyl (C=O) groups is 1. The predicted octanol–water partition coefficient (Wildman–Crippen LogP) is 2.87. The van der Waals surface area contributed by atoms with Gasteiger partial charge in [0.1, 0.15) is 0 Å². The van der Waals surface area contributed by atoms with Crippen LogP contribution < -0.4 is 0 Å². The van der Waals surface area contributed by atoms with Crippen LogP contribution in [0.4, 0.5) is 0 Å². The van der Waals surface area contributed by atoms with E-state index in [4.69, 9.17) is 11.7 Å². The molecule has 7 nitrogen and oxygen atoms in total. The molecular weight excluding hydrogens is 340 g/mol. The maximum absolute atomic E-state index is 12.7. The predicted molar refractivity (Wildman–Crippen MR) is 99.9 cm³/mol. The number of tetrazole rings is 1. The van der Waals surface area contributed by atoms with Gasteiger partial charge in [-0.05, 0) is 43.4 Å². The van der Waals surface area contributed by atoms with Crippen LogP contribution in [0.2, 0.25) is 0 Å². The summed E-state index contributed by atoms with van der Waals surface area (Å²) in [6.07, 6.45) is 17.2. The summed E-state index contributed by atoms with van der Waals surface area (Å²) in [5.74, 6) is 3.34. The van der Waals surface area contributed by atoms with Gasteiger partial charge in [0.05, 0.1) is 18.2 Å². The molecule has 140 valence electrons. The van der Waals surface area contributed by atoms with Gasteiger partial charge < -0.3 is 4.90 Å². The number of likely N-dealkylation sites (tertiary alicyclic amines) is 1. The molecule has 27 heavy (non-hydrogen) atoms. The molecule has 1 fully saturated rings. The highest BCUT2D eigenvalue weighted by Gasteiger charge is 2.31. The molecule has 2 unspecified atom stereocenters. The second-order valence-electron chi connectivity index (χ2n) is 6.94. The fraction of sp³-hybridized carbons (Fsp3) is 0.550. The summed E-state index contributed by atoms with van der Waals surface area (Å²) in [6, 6.07) is 1.95. The molecule has 2 atom stereocenters. The van der Waals surface area contributed by atoms with E-state index in [1.165, 1.54) is 0 Å². The van der Waals surface area contributed by atoms with Crippen LogP contribution in [0, 0.1) is 23.7 Å². The van der Waals surface area contributed by atoms with Crippen molar-refractivity contribution in [2.24, 2.45) is 0 Å². The molecule has 1 aliphatic heterocycles. The van der Waals surface area contributed by atoms with Crippen molar-refractivity contribution in [3.8, 4) is 18.4 Å². The van der Waals surface area contributed by atoms with Crippen molar-refractivity contribution in [1.29, 1.82) is 5.26 Å². The normalized spacial score (nSPS) is 22.0. The lowest BCUT2D eigenvalue weighted by atomic mass is 10.0. The van der Waals surface area contributed by atoms with Crippen molar-refractivity contribution in [3.63, 3.8) is 0 Å². The molecule has 7 heteroatoms. The Balaban J connectivity index is 1.67. The molecule has 0 saturated carbocycles. The van der Waals surface area contributed by atoms with Crippen LogP contribution in [0.15, 0.2) is 23.8 Å². The quantitative estimate of drug-likeness (QED) is 0.572. The molecule has 1 aromatic heterocycles. The molecular formula is C20H24N6O. The van der Waals surface area contributed by atoms with E-state index in [2.05, 4.69) is 27.4 Å². The van der Waals surface area contributed by atoms with Crippen molar-refractivity contribution in [2.75, 3.05) is 6.54 Å². The number of hydrogen-bond donors (Lipinski definition) is 0. The van der Waals surface area contributed by atoms with E-state index in [1.54, 1.807) is 10.9 Å². The van der Waals surface area contributed by atoms with Gasteiger partial charge in [0.25, 0.3) is 0 Å². The summed E-state index contributed by atoms with van der Waals surface area (Å²) in [6.45, 7) is 0.734. The highest BCUT2D eigenvalue weighted by atomic mass is 16.2. The smallest absolute Gasteiger partial charge is 0.223 e. The van der Waals surface area contributed by atoms with Crippen molar-refractivity contribution >= 4 is 5.91 Å². The lowest BCUT2D eigenvalue weighted by Gasteiger charge is -2.34. The van der Waals surface area contributed by atoms with Crippen molar-refractivity contribution < 1.29 is 4.79 Å². The second-order valence-corrected chi connectivity index (χ2v) is 6.94. The number of carbonyl (C=O) groups excluding carboxylic acids is 1. The van der Waals surface area contributed by atoms with E-state index in [0.29, 0.717) is 30.7 Å². The zero-order valence-corrected chi connectivity index (χ0v) is 15.4. The summed E-state index contributed by atoms with van der Waals surface area (Å²) in [5, 5.41) is 22.1. The van der Waals surface area contributed by atoms with Gasteiger partial charge >= 0.3 is 0 Å². The average molecular weight is 364 g/mol. The van der Waals surface area contributed by atoms with Gasteiger partial charge in [-0.1, -0.05) is 12.2 Å². The highest BCUT2D eigenvalue weighted by molar-refractivity contribution is 5.76. The van der Waals surface area contributed by atoms with Gasteiger partial charge in [-0.15, -0.1) is 22.5 Å². The largest absolute Gasteiger partial charge is 0.332 e. The first-order valence-corrected chi connectivity index (χ1v) is 9.52. The third-order valence-corrected chi connectivity index (χ3v) is 5.03. The van der Waals surface area contributed by atoms with Gasteiger partial charge in [0.15, 0.2) is 5.82 Å². The lowest BCUT2D eigenvalue weighted by Crippen LogP contribution is -2.39. The Morgan fingerprint density at radius 1 is 1.37 bits per heavy atom. The summed E-state index contributed by atoms with van der Waals surface area (Å²) in [4.78, 5) is 16.1. The van der Waals surface area contributed by atoms with Crippen LogP contribution in [0.3, 0.4) is 0 Å². The summed E-state index contributed by atoms with van der Waals surface area (Å²) < 4.78 is 0. The third-order valence-electron chi connectivity index (χ3n) is 5.03. The highest BCUT2D eigenvalue weighted by Crippen LogP contribution is 2.30. The Bertz CT molecular complexity index is 809. The number of aromatic nitrogens is 4. The molecule has 0 bridgehead atoms. The van der Waals surface area contributed by atoms with Crippen LogP contribution in [-0.2, 0) is 4.79 Å². The number of terminal acetylenes is 1. The van der Waals surface area contributed by atoms with Gasteiger partial charge in [-0.25, -0.2) is 0 Å². The van der Waals surface area contributed by atoms with Crippen LogP contribution in [0.5, 0.6) is 0 Å². The molecule has 0 N–H and O–H groups in total. The Morgan fingerprint density at radius 2 is 2.26 bits per heavy atom. The lowest BCUT2D eigenvalue weighted by molar-refractivity contribution is -0.135. The molecule has 1 aromatic rings. The minimum atomic E-state index is -0.119. The summed E-state index contributed by atoms with van der Waals surface area (Å²) in [5.41, 5.74) is 0.697. The van der Waals surface area contributed by atoms with Gasteiger partial charge in [-0.3, -0.25) is 4.79 Å². The molecule has 2 aliphatic rings. The first-order chi connectivity index (χ1) is 13.2. The standard InChI is InChI=1S/C20H24N6O/c1-2-3-4-5-12-19(27)25-13-7-6-11-18(25)20-22-24-26(23-20)17-10-8-9-16(14-17)15-21/h1,8-10,17-18H,3-7,11-14H2. The molecule has 0 aromatic carbocycles. The summed E-state index contributed by atoms with van der Waals surface area (Å²) in [7, 11) is 0. The fourth-order valence-electron chi connectivity index (χ4n) is 3.56. The number of unbranched alkanes of at least 4 members (excludes halogenated alkanes) is 2. The first kappa shape index (κ1) is 18.8. The SMILES string of the molecule is C#CCCCCC(=O)N1CCCCC1c1nnn(C2C=CC=C(C#N)C2)n1. The third kappa shape index (κ3) is 4.62. The Morgan fingerprint density at radius 3 is 3.07 bits per heavy atom. The molecule has 1 amide bonds. The molecule has 0 spiro atoms. The Kier molecular flexibility index (Phi) is 6.38. The fourth-order valence-corrected chi connectivity index (χ4v) is 3.56. The first-order valence-electron chi connectivity index (χ1n) is 9.52. The number of piperidine rings is 1. The summed E-state index contributed by atoms with van der Waals surface area (Å²) >= 11 is 0. The Labute approximate surface area is 159 Å². The van der Waals surface area contributed by atoms with Crippen LogP contribution in [0.1, 0.15) is 69.3 Å². The molecule has 0 radical (unpaired) electrons. The minimum absolute atomic E-state index is 0.109. The van der Waals surface area contributed by atoms with E-state index < -0.39 is 0 Å². The maximum Gasteiger partial charge on any atom is 0.223 e. The van der Waals surface area contributed by atoms with Gasteiger partial charge in [0.2, 0.25) is 5.91 Å². The Hall–Kier alpha value is -2.93. The monoisotopic (exact) mass is 364 g/mol. The van der Waals surface area contributed by atoms with Crippen LogP contribution in [0.25, 0.3) is 0 Å². The van der Waals surface area contributed by atoms with Gasteiger partial charge in [0, 0.05) is 31.4 Å². The number of nitrogens with zero attached hydrogens (tertiary/aromatic N) is 6. The topological polar surface area (TPSA) is 87.7 Å². The van der Waals surface area contributed by atoms with E-state index in [-0.39, 0.29) is 18.0 Å². The maximum atomic E-state index is 12.7. The minimum Gasteiger partial charge on any atom is -0.332 e. The molecule has 1 aliphatic carbocycles. The number of rotatable bonds is 6. The van der Waals surface area contributed by atoms with Crippen molar-refractivity contribution in [1.82, 2.24) is 25.1 Å². The number of allylic oxidation sites excluding steroid dienone is 4. The van der Waals surface area contributed by atoms with Crippen molar-refractivity contribution in [3.05, 3.63) is 29.6 Å². The second kappa shape index (κ2) is 9.14. The van der Waals surface area contributed by atoms with E-state index in [1.807, 2.05) is 17.1 Å². The number of hydrogen-bond acceptors (Lipinski definition) is 5. The van der Waals surface area contributed by atoms with Crippen LogP contribution in [-0.4, -0.2) is 37.6 Å². The zero-order valence-electron chi connectivity index (χ0n) is 15.4. The van der Waals surface area contributed by atoms with Gasteiger partial charge in [-0.2, -0.15) is 10.1 Å². The molecule has 3 rings (SSSR count). The van der Waals surface area contributed by atoms with Crippen molar-refractivity contribution in [2.45, 2.75) is 63.5 Å². The van der Waals surface area contributed by atoms with Crippen LogP contribution >= 0.6 is 0 Å². The number of nitriles is 1. The zero-order chi connectivity index (χ0) is 19.1. The van der Waals surface area contributed by atoms with E-state index >= 15 is 0 Å². The average Bonchev–Trinajstić information content (AvgIpc) is 3.21. The molecule has 2 heterocycles. The van der Waals surface area contributed by atoms with E-state index in [0.717, 1.165) is 38.6 Å². The molecule has 1 saturated heterocycles.